The molecule has 0 atom stereocenters. The summed E-state index contributed by atoms with van der Waals surface area (Å²) in [5.74, 6) is 0.817. The van der Waals surface area contributed by atoms with Gasteiger partial charge in [0, 0.05) is 18.0 Å². The Morgan fingerprint density at radius 1 is 1.50 bits per heavy atom. The summed E-state index contributed by atoms with van der Waals surface area (Å²) < 4.78 is 5.16. The molecule has 10 heavy (non-hydrogen) atoms. The van der Waals surface area contributed by atoms with Crippen molar-refractivity contribution in [2.75, 3.05) is 6.73 Å². The molecule has 0 saturated carbocycles. The Bertz CT molecular complexity index is 270. The van der Waals surface area contributed by atoms with Crippen LogP contribution in [0.1, 0.15) is 5.56 Å². The molecule has 0 fully saturated rings. The van der Waals surface area contributed by atoms with Gasteiger partial charge in [0.15, 0.2) is 6.73 Å². The van der Waals surface area contributed by atoms with Gasteiger partial charge in [0.1, 0.15) is 5.75 Å². The summed E-state index contributed by atoms with van der Waals surface area (Å²) in [4.78, 5) is 7.85. The van der Waals surface area contributed by atoms with Crippen molar-refractivity contribution in [1.82, 2.24) is 4.98 Å². The molecule has 0 spiro atoms. The van der Waals surface area contributed by atoms with Crippen LogP contribution in [0.5, 0.6) is 5.75 Å². The van der Waals surface area contributed by atoms with Crippen LogP contribution in [0, 0.1) is 0 Å². The zero-order valence-corrected chi connectivity index (χ0v) is 5.32. The fraction of sp³-hybridized carbons (Fsp3) is 0.143. The Balaban J connectivity index is 2.54. The van der Waals surface area contributed by atoms with E-state index in [1.165, 1.54) is 0 Å². The molecule has 2 rings (SSSR count). The summed E-state index contributed by atoms with van der Waals surface area (Å²) in [6.07, 6.45) is 5.21. The minimum absolute atomic E-state index is 0.415. The molecular formula is C7H6N2O. The van der Waals surface area contributed by atoms with E-state index in [9.17, 15) is 0 Å². The molecule has 0 radical (unpaired) electrons. The highest BCUT2D eigenvalue weighted by molar-refractivity contribution is 5.83. The Labute approximate surface area is 58.4 Å². The number of aliphatic imine (C=N–C) groups is 1. The second-order valence-corrected chi connectivity index (χ2v) is 2.00. The highest BCUT2D eigenvalue weighted by Gasteiger charge is 2.03. The minimum Gasteiger partial charge on any atom is -0.469 e. The van der Waals surface area contributed by atoms with Crippen molar-refractivity contribution in [2.24, 2.45) is 4.99 Å². The van der Waals surface area contributed by atoms with E-state index in [-0.39, 0.29) is 0 Å². The molecule has 3 heteroatoms. The number of ether oxygens (including phenoxy) is 1. The van der Waals surface area contributed by atoms with Crippen LogP contribution in [0.25, 0.3) is 0 Å². The van der Waals surface area contributed by atoms with Gasteiger partial charge in [0.05, 0.1) is 6.20 Å². The quantitative estimate of drug-likeness (QED) is 0.527. The Kier molecular flexibility index (Phi) is 1.13. The van der Waals surface area contributed by atoms with E-state index >= 15 is 0 Å². The van der Waals surface area contributed by atoms with Crippen molar-refractivity contribution >= 4 is 6.21 Å². The molecule has 0 unspecified atom stereocenters. The summed E-state index contributed by atoms with van der Waals surface area (Å²) in [5, 5.41) is 0. The lowest BCUT2D eigenvalue weighted by molar-refractivity contribution is 0.325. The van der Waals surface area contributed by atoms with Crippen LogP contribution in [0.2, 0.25) is 0 Å². The van der Waals surface area contributed by atoms with E-state index in [1.54, 1.807) is 18.6 Å². The lowest BCUT2D eigenvalue weighted by atomic mass is 10.2. The fourth-order valence-corrected chi connectivity index (χ4v) is 0.860. The molecule has 1 aliphatic heterocycles. The third kappa shape index (κ3) is 0.757. The van der Waals surface area contributed by atoms with Crippen molar-refractivity contribution in [3.8, 4) is 5.75 Å². The van der Waals surface area contributed by atoms with E-state index in [4.69, 9.17) is 4.74 Å². The maximum atomic E-state index is 5.16. The Morgan fingerprint density at radius 3 is 3.40 bits per heavy atom. The third-order valence-corrected chi connectivity index (χ3v) is 1.34. The first-order chi connectivity index (χ1) is 4.97. The number of rotatable bonds is 0. The average Bonchev–Trinajstić information content (AvgIpc) is 2.05. The first-order valence-corrected chi connectivity index (χ1v) is 3.03. The highest BCUT2D eigenvalue weighted by atomic mass is 16.5. The van der Waals surface area contributed by atoms with Gasteiger partial charge >= 0.3 is 0 Å². The molecular weight excluding hydrogens is 128 g/mol. The van der Waals surface area contributed by atoms with Gasteiger partial charge in [0.2, 0.25) is 0 Å². The zero-order valence-electron chi connectivity index (χ0n) is 5.32. The Hall–Kier alpha value is -1.38. The molecule has 1 aromatic heterocycles. The summed E-state index contributed by atoms with van der Waals surface area (Å²) >= 11 is 0. The lowest BCUT2D eigenvalue weighted by Crippen LogP contribution is -2.03. The first-order valence-electron chi connectivity index (χ1n) is 3.03. The molecule has 0 N–H and O–H groups in total. The van der Waals surface area contributed by atoms with Crippen molar-refractivity contribution in [3.63, 3.8) is 0 Å². The number of aromatic nitrogens is 1. The van der Waals surface area contributed by atoms with Crippen LogP contribution in [0.3, 0.4) is 0 Å². The maximum Gasteiger partial charge on any atom is 0.179 e. The fourth-order valence-electron chi connectivity index (χ4n) is 0.860. The van der Waals surface area contributed by atoms with Crippen molar-refractivity contribution in [3.05, 3.63) is 24.0 Å². The Morgan fingerprint density at radius 2 is 2.50 bits per heavy atom. The van der Waals surface area contributed by atoms with Crippen molar-refractivity contribution in [1.29, 1.82) is 0 Å². The number of pyridine rings is 1. The monoisotopic (exact) mass is 134 g/mol. The molecule has 1 aliphatic rings. The van der Waals surface area contributed by atoms with E-state index < -0.39 is 0 Å². The molecule has 1 aromatic rings. The summed E-state index contributed by atoms with van der Waals surface area (Å²) in [7, 11) is 0. The normalized spacial score (nSPS) is 14.0. The van der Waals surface area contributed by atoms with E-state index in [2.05, 4.69) is 9.98 Å². The van der Waals surface area contributed by atoms with Crippen LogP contribution in [-0.4, -0.2) is 17.9 Å². The predicted octanol–water partition coefficient (Wildman–Crippen LogP) is 0.850. The predicted molar refractivity (Wildman–Crippen MR) is 37.3 cm³/mol. The van der Waals surface area contributed by atoms with Gasteiger partial charge in [0.25, 0.3) is 0 Å². The molecule has 3 nitrogen and oxygen atoms in total. The van der Waals surface area contributed by atoms with Gasteiger partial charge in [-0.05, 0) is 6.07 Å². The van der Waals surface area contributed by atoms with Crippen LogP contribution < -0.4 is 4.74 Å². The zero-order chi connectivity index (χ0) is 6.81. The average molecular weight is 134 g/mol. The molecule has 0 saturated heterocycles. The topological polar surface area (TPSA) is 34.5 Å². The van der Waals surface area contributed by atoms with Crippen molar-refractivity contribution in [2.45, 2.75) is 0 Å². The number of fused-ring (bicyclic) bond motifs is 1. The standard InChI is InChI=1S/C7H6N2O/c1-2-8-4-7-6(1)3-9-5-10-7/h1-4H,5H2. The van der Waals surface area contributed by atoms with Gasteiger partial charge < -0.3 is 4.74 Å². The largest absolute Gasteiger partial charge is 0.469 e. The number of nitrogens with zero attached hydrogens (tertiary/aromatic N) is 2. The highest BCUT2D eigenvalue weighted by Crippen LogP contribution is 2.16. The van der Waals surface area contributed by atoms with Crippen LogP contribution in [0.4, 0.5) is 0 Å². The molecule has 50 valence electrons. The summed E-state index contributed by atoms with van der Waals surface area (Å²) in [6.45, 7) is 0.415. The maximum absolute atomic E-state index is 5.16. The van der Waals surface area contributed by atoms with Crippen LogP contribution in [0.15, 0.2) is 23.5 Å². The lowest BCUT2D eigenvalue weighted by Gasteiger charge is -2.08. The summed E-state index contributed by atoms with van der Waals surface area (Å²) in [5.41, 5.74) is 1.00. The third-order valence-electron chi connectivity index (χ3n) is 1.34. The van der Waals surface area contributed by atoms with Gasteiger partial charge in [-0.15, -0.1) is 0 Å². The minimum atomic E-state index is 0.415. The van der Waals surface area contributed by atoms with E-state index in [0.29, 0.717) is 6.73 Å². The van der Waals surface area contributed by atoms with Gasteiger partial charge in [-0.1, -0.05) is 0 Å². The van der Waals surface area contributed by atoms with Crippen LogP contribution in [-0.2, 0) is 0 Å². The smallest absolute Gasteiger partial charge is 0.179 e. The van der Waals surface area contributed by atoms with Gasteiger partial charge in [-0.25, -0.2) is 0 Å². The second-order valence-electron chi connectivity index (χ2n) is 2.00. The molecule has 0 bridgehead atoms. The van der Waals surface area contributed by atoms with Crippen LogP contribution >= 0.6 is 0 Å². The molecule has 2 heterocycles. The molecule has 0 aromatic carbocycles. The second kappa shape index (κ2) is 2.10. The number of hydrogen-bond donors (Lipinski definition) is 0. The molecule has 0 aliphatic carbocycles. The van der Waals surface area contributed by atoms with E-state index in [0.717, 1.165) is 11.3 Å². The first kappa shape index (κ1) is 5.41. The SMILES string of the molecule is C1=NCOc2cnccc21. The van der Waals surface area contributed by atoms with E-state index in [1.807, 2.05) is 6.07 Å². The van der Waals surface area contributed by atoms with Crippen molar-refractivity contribution < 1.29 is 4.74 Å². The summed E-state index contributed by atoms with van der Waals surface area (Å²) in [6, 6.07) is 1.87. The molecule has 0 amide bonds. The number of hydrogen-bond acceptors (Lipinski definition) is 3. The van der Waals surface area contributed by atoms with Gasteiger partial charge in [-0.3, -0.25) is 9.98 Å². The van der Waals surface area contributed by atoms with Gasteiger partial charge in [-0.2, -0.15) is 0 Å².